The van der Waals surface area contributed by atoms with Gasteiger partial charge in [0, 0.05) is 50.0 Å². The minimum atomic E-state index is -0.170. The molecule has 9 aromatic carbocycles. The van der Waals surface area contributed by atoms with Gasteiger partial charge in [-0.1, -0.05) is 165 Å². The molecule has 3 aliphatic heterocycles. The molecule has 0 amide bonds. The standard InChI is InChI=1S/C73H70BN5/c1-69(2,3)45-21-27-58-52(33-45)53-34-46(70(4,5)6)22-28-59(53)76(58)51-25-26-56-61(40-51)77(50-24-20-43-18-16-17-19-44(43)32-50)62-30-42(41-75)31-63-66(62)74(56)57-37-49(73(13,14)15)39-65-68(57)79(63)64-38-48(72(10,11)12)36-55-54-35-47(71(7,8)9)23-29-60(54)78(65)67(55)64/h16-40H,1-15H3. The molecule has 390 valence electrons. The summed E-state index contributed by atoms with van der Waals surface area (Å²) in [7, 11) is 0. The van der Waals surface area contributed by atoms with Gasteiger partial charge in [-0.3, -0.25) is 0 Å². The van der Waals surface area contributed by atoms with E-state index in [1.54, 1.807) is 0 Å². The fourth-order valence-corrected chi connectivity index (χ4v) is 13.4. The lowest BCUT2D eigenvalue weighted by Crippen LogP contribution is -2.62. The van der Waals surface area contributed by atoms with E-state index in [4.69, 9.17) is 0 Å². The lowest BCUT2D eigenvalue weighted by Gasteiger charge is -2.47. The lowest BCUT2D eigenvalue weighted by molar-refractivity contribution is 0.590. The van der Waals surface area contributed by atoms with Crippen LogP contribution in [0.15, 0.2) is 152 Å². The Labute approximate surface area is 466 Å². The van der Waals surface area contributed by atoms with Crippen LogP contribution in [0.2, 0.25) is 0 Å². The molecule has 0 N–H and O–H groups in total. The van der Waals surface area contributed by atoms with Gasteiger partial charge in [-0.25, -0.2) is 0 Å². The summed E-state index contributed by atoms with van der Waals surface area (Å²) >= 11 is 0. The van der Waals surface area contributed by atoms with Crippen molar-refractivity contribution in [1.82, 2.24) is 9.13 Å². The van der Waals surface area contributed by atoms with Crippen molar-refractivity contribution in [2.45, 2.75) is 131 Å². The van der Waals surface area contributed by atoms with E-state index in [-0.39, 0.29) is 33.8 Å². The summed E-state index contributed by atoms with van der Waals surface area (Å²) in [6.45, 7) is 34.7. The molecule has 14 rings (SSSR count). The number of fused-ring (bicyclic) bond motifs is 13. The molecule has 0 saturated heterocycles. The predicted octanol–water partition coefficient (Wildman–Crippen LogP) is 17.8. The molecule has 0 aliphatic carbocycles. The summed E-state index contributed by atoms with van der Waals surface area (Å²) in [5.74, 6) is 0. The second-order valence-electron chi connectivity index (χ2n) is 28.4. The van der Waals surface area contributed by atoms with Gasteiger partial charge in [-0.15, -0.1) is 0 Å². The summed E-state index contributed by atoms with van der Waals surface area (Å²) in [5, 5.41) is 18.8. The number of aromatic nitrogens is 2. The quantitative estimate of drug-likeness (QED) is 0.162. The summed E-state index contributed by atoms with van der Waals surface area (Å²) in [6.07, 6.45) is 0. The summed E-state index contributed by atoms with van der Waals surface area (Å²) in [5.41, 5.74) is 24.2. The van der Waals surface area contributed by atoms with Crippen LogP contribution in [0, 0.1) is 11.3 Å². The van der Waals surface area contributed by atoms with Gasteiger partial charge in [0.2, 0.25) is 0 Å². The van der Waals surface area contributed by atoms with E-state index >= 15 is 0 Å². The van der Waals surface area contributed by atoms with E-state index in [0.29, 0.717) is 5.56 Å². The Balaban J connectivity index is 1.12. The second-order valence-corrected chi connectivity index (χ2v) is 28.4. The largest absolute Gasteiger partial charge is 0.311 e. The maximum Gasteiger partial charge on any atom is 0.252 e. The zero-order valence-corrected chi connectivity index (χ0v) is 48.7. The van der Waals surface area contributed by atoms with Gasteiger partial charge in [0.05, 0.1) is 50.8 Å². The summed E-state index contributed by atoms with van der Waals surface area (Å²) in [6, 6.07) is 61.3. The molecule has 2 aromatic heterocycles. The van der Waals surface area contributed by atoms with Crippen molar-refractivity contribution in [3.63, 3.8) is 0 Å². The Morgan fingerprint density at radius 3 is 1.43 bits per heavy atom. The Kier molecular flexibility index (Phi) is 10.0. The van der Waals surface area contributed by atoms with E-state index in [1.807, 2.05) is 0 Å². The van der Waals surface area contributed by atoms with Crippen LogP contribution in [0.25, 0.3) is 65.8 Å². The first-order valence-electron chi connectivity index (χ1n) is 28.5. The van der Waals surface area contributed by atoms with Crippen LogP contribution in [-0.4, -0.2) is 15.8 Å². The molecule has 6 heteroatoms. The zero-order valence-electron chi connectivity index (χ0n) is 48.7. The van der Waals surface area contributed by atoms with Gasteiger partial charge in [0.25, 0.3) is 6.71 Å². The molecule has 0 fully saturated rings. The van der Waals surface area contributed by atoms with E-state index in [0.717, 1.165) is 34.1 Å². The highest BCUT2D eigenvalue weighted by atomic mass is 15.2. The van der Waals surface area contributed by atoms with Crippen LogP contribution in [0.4, 0.5) is 34.1 Å². The second kappa shape index (κ2) is 16.1. The molecule has 5 nitrogen and oxygen atoms in total. The number of hydrogen-bond donors (Lipinski definition) is 0. The Morgan fingerprint density at radius 1 is 0.367 bits per heavy atom. The first-order valence-corrected chi connectivity index (χ1v) is 28.5. The van der Waals surface area contributed by atoms with Gasteiger partial charge >= 0.3 is 0 Å². The van der Waals surface area contributed by atoms with Crippen molar-refractivity contribution in [3.05, 3.63) is 185 Å². The highest BCUT2D eigenvalue weighted by Gasteiger charge is 2.47. The van der Waals surface area contributed by atoms with Crippen LogP contribution in [0.1, 0.15) is 137 Å². The normalized spacial score (nSPS) is 14.2. The van der Waals surface area contributed by atoms with E-state index < -0.39 is 0 Å². The van der Waals surface area contributed by atoms with Crippen molar-refractivity contribution in [1.29, 1.82) is 5.26 Å². The van der Waals surface area contributed by atoms with Crippen LogP contribution >= 0.6 is 0 Å². The van der Waals surface area contributed by atoms with Gasteiger partial charge in [0.15, 0.2) is 0 Å². The minimum absolute atomic E-state index is 0.0167. The van der Waals surface area contributed by atoms with Gasteiger partial charge in [-0.05, 0) is 173 Å². The molecule has 0 bridgehead atoms. The maximum absolute atomic E-state index is 11.3. The third-order valence-corrected chi connectivity index (χ3v) is 17.9. The van der Waals surface area contributed by atoms with Crippen LogP contribution in [0.3, 0.4) is 0 Å². The number of rotatable bonds is 2. The molecular formula is C73H70BN5. The van der Waals surface area contributed by atoms with Crippen molar-refractivity contribution >= 4 is 112 Å². The van der Waals surface area contributed by atoms with Crippen molar-refractivity contribution < 1.29 is 0 Å². The van der Waals surface area contributed by atoms with Gasteiger partial charge in [0.1, 0.15) is 0 Å². The van der Waals surface area contributed by atoms with Crippen LogP contribution in [-0.2, 0) is 27.1 Å². The first-order chi connectivity index (χ1) is 37.3. The highest BCUT2D eigenvalue weighted by molar-refractivity contribution is 7.00. The molecule has 0 unspecified atom stereocenters. The average molecular weight is 1030 g/mol. The Hall–Kier alpha value is -8.01. The predicted molar refractivity (Wildman–Crippen MR) is 338 cm³/mol. The molecule has 0 atom stereocenters. The molecule has 0 saturated carbocycles. The van der Waals surface area contributed by atoms with Crippen LogP contribution in [0.5, 0.6) is 0 Å². The summed E-state index contributed by atoms with van der Waals surface area (Å²) in [4.78, 5) is 5.06. The van der Waals surface area contributed by atoms with Crippen molar-refractivity contribution in [3.8, 4) is 17.4 Å². The summed E-state index contributed by atoms with van der Waals surface area (Å²) < 4.78 is 5.09. The van der Waals surface area contributed by atoms with E-state index in [9.17, 15) is 5.26 Å². The highest BCUT2D eigenvalue weighted by Crippen LogP contribution is 2.55. The van der Waals surface area contributed by atoms with Crippen LogP contribution < -0.4 is 26.2 Å². The molecule has 3 aliphatic rings. The van der Waals surface area contributed by atoms with Crippen molar-refractivity contribution in [2.24, 2.45) is 0 Å². The number of nitrogens with zero attached hydrogens (tertiary/aromatic N) is 5. The number of nitriles is 1. The zero-order chi connectivity index (χ0) is 55.4. The Morgan fingerprint density at radius 2 is 0.861 bits per heavy atom. The molecule has 5 heterocycles. The number of hydrogen-bond acceptors (Lipinski definition) is 3. The lowest BCUT2D eigenvalue weighted by atomic mass is 9.33. The topological polar surface area (TPSA) is 40.1 Å². The van der Waals surface area contributed by atoms with E-state index in [2.05, 4.69) is 281 Å². The average Bonchev–Trinajstić information content (AvgIpc) is 2.79. The first kappa shape index (κ1) is 49.3. The molecule has 0 radical (unpaired) electrons. The molecule has 79 heavy (non-hydrogen) atoms. The SMILES string of the molecule is CC(C)(C)c1cc2c3c(c1)-n1c4ccc(C(C)(C)C)cc4c4cc(C(C)(C)C)cc(c41)N3c1cc(C#N)cc3c1B2c1ccc(-n2c4ccc(C(C)(C)C)cc4c4cc(C(C)(C)C)ccc42)cc1N3c1ccc2ccccc2c1. The van der Waals surface area contributed by atoms with Crippen molar-refractivity contribution in [2.75, 3.05) is 9.80 Å². The Bertz CT molecular complexity index is 4470. The minimum Gasteiger partial charge on any atom is -0.311 e. The molecular weight excluding hydrogens is 958 g/mol. The maximum atomic E-state index is 11.3. The molecule has 0 spiro atoms. The van der Waals surface area contributed by atoms with Gasteiger partial charge in [-0.2, -0.15) is 5.26 Å². The monoisotopic (exact) mass is 1030 g/mol. The third-order valence-electron chi connectivity index (χ3n) is 17.9. The number of anilines is 6. The fourth-order valence-electron chi connectivity index (χ4n) is 13.4. The van der Waals surface area contributed by atoms with E-state index in [1.165, 1.54) is 110 Å². The van der Waals surface area contributed by atoms with Gasteiger partial charge < -0.3 is 18.9 Å². The molecule has 11 aromatic rings. The number of benzene rings is 9. The smallest absolute Gasteiger partial charge is 0.252 e. The third kappa shape index (κ3) is 7.20. The fraction of sp³-hybridized carbons (Fsp3) is 0.274.